The molecular weight excluding hydrogens is 519 g/mol. The fourth-order valence-electron chi connectivity index (χ4n) is 3.76. The molecule has 0 spiro atoms. The van der Waals surface area contributed by atoms with Crippen LogP contribution in [0.5, 0.6) is 0 Å². The molecule has 0 aromatic carbocycles. The number of ether oxygens (including phenoxy) is 2. The van der Waals surface area contributed by atoms with Gasteiger partial charge in [0.15, 0.2) is 0 Å². The van der Waals surface area contributed by atoms with E-state index in [1.165, 1.54) is 51.4 Å². The maximum absolute atomic E-state index is 12.2. The Kier molecular flexibility index (Phi) is 36.2. The van der Waals surface area contributed by atoms with Crippen molar-refractivity contribution in [3.63, 3.8) is 0 Å². The van der Waals surface area contributed by atoms with E-state index in [0.29, 0.717) is 19.6 Å². The van der Waals surface area contributed by atoms with Gasteiger partial charge in [0.2, 0.25) is 0 Å². The summed E-state index contributed by atoms with van der Waals surface area (Å²) in [5, 5.41) is 3.13. The van der Waals surface area contributed by atoms with Gasteiger partial charge in [0, 0.05) is 13.0 Å². The first-order chi connectivity index (χ1) is 16.9. The van der Waals surface area contributed by atoms with E-state index in [1.807, 2.05) is 0 Å². The predicted octanol–water partition coefficient (Wildman–Crippen LogP) is -1.83. The maximum Gasteiger partial charge on any atom is 1.00 e. The Labute approximate surface area is 269 Å². The number of phosphoric ester groups is 1. The first kappa shape index (κ1) is 42.5. The smallest absolute Gasteiger partial charge is 0.790 e. The topological polar surface area (TPSA) is 137 Å². The van der Waals surface area contributed by atoms with E-state index in [2.05, 4.69) is 21.5 Å². The van der Waals surface area contributed by atoms with Gasteiger partial charge in [0.1, 0.15) is 6.10 Å². The van der Waals surface area contributed by atoms with Crippen molar-refractivity contribution in [3.05, 3.63) is 0 Å². The van der Waals surface area contributed by atoms with Gasteiger partial charge >= 0.3 is 65.1 Å². The summed E-state index contributed by atoms with van der Waals surface area (Å²) in [6.45, 7) is 3.53. The summed E-state index contributed by atoms with van der Waals surface area (Å²) in [4.78, 5) is 43.8. The minimum atomic E-state index is -5.13. The van der Waals surface area contributed by atoms with E-state index in [0.717, 1.165) is 51.4 Å². The summed E-state index contributed by atoms with van der Waals surface area (Å²) in [6, 6.07) is 0. The van der Waals surface area contributed by atoms with Crippen LogP contribution in [0, 0.1) is 0 Å². The molecule has 0 amide bonds. The fraction of sp³-hybridized carbons (Fsp3) is 0.920. The molecule has 37 heavy (non-hydrogen) atoms. The third-order valence-corrected chi connectivity index (χ3v) is 6.22. The van der Waals surface area contributed by atoms with Crippen molar-refractivity contribution < 1.29 is 97.1 Å². The third kappa shape index (κ3) is 35.0. The van der Waals surface area contributed by atoms with E-state index in [4.69, 9.17) is 4.74 Å². The van der Waals surface area contributed by atoms with Crippen LogP contribution in [-0.2, 0) is 28.2 Å². The molecule has 0 fully saturated rings. The summed E-state index contributed by atoms with van der Waals surface area (Å²) < 4.78 is 25.1. The molecule has 0 aliphatic carbocycles. The Morgan fingerprint density at radius 3 is 1.89 bits per heavy atom. The van der Waals surface area contributed by atoms with Crippen molar-refractivity contribution in [2.45, 2.75) is 122 Å². The number of nitrogens with one attached hydrogen (secondary N) is 1. The molecular formula is C25H48NNa2O8P. The Morgan fingerprint density at radius 1 is 0.838 bits per heavy atom. The monoisotopic (exact) mass is 567 g/mol. The second kappa shape index (κ2) is 31.5. The molecule has 0 saturated carbocycles. The molecule has 12 heteroatoms. The summed E-state index contributed by atoms with van der Waals surface area (Å²) in [5.41, 5.74) is 0. The number of unbranched alkanes of at least 4 members (excludes halogenated alkanes) is 14. The van der Waals surface area contributed by atoms with Crippen molar-refractivity contribution in [3.8, 4) is 0 Å². The quantitative estimate of drug-likeness (QED) is 0.0399. The van der Waals surface area contributed by atoms with Crippen LogP contribution in [0.4, 0.5) is 0 Å². The van der Waals surface area contributed by atoms with Gasteiger partial charge in [-0.25, -0.2) is 0 Å². The van der Waals surface area contributed by atoms with Crippen LogP contribution in [0.25, 0.3) is 0 Å². The number of hydrogen-bond acceptors (Lipinski definition) is 9. The molecule has 1 N–H and O–H groups in total. The van der Waals surface area contributed by atoms with E-state index in [9.17, 15) is 23.9 Å². The van der Waals surface area contributed by atoms with Crippen molar-refractivity contribution in [1.29, 1.82) is 0 Å². The zero-order chi connectivity index (χ0) is 26.0. The van der Waals surface area contributed by atoms with E-state index >= 15 is 0 Å². The van der Waals surface area contributed by atoms with Gasteiger partial charge in [-0.15, -0.1) is 0 Å². The molecule has 0 rings (SSSR count). The number of rotatable bonds is 27. The average Bonchev–Trinajstić information content (AvgIpc) is 2.81. The number of carbonyl (C=O) groups excluding carboxylic acids is 2. The normalized spacial score (nSPS) is 11.8. The van der Waals surface area contributed by atoms with Crippen LogP contribution >= 0.6 is 7.82 Å². The third-order valence-electron chi connectivity index (χ3n) is 5.76. The average molecular weight is 568 g/mol. The largest absolute Gasteiger partial charge is 1.00 e. The number of hydrogen-bond donors (Lipinski definition) is 1. The SMILES string of the molecule is CCCCCCCCCCCCCC(=O)O[C@@H](CNCCCCCCCOC=O)COP(=O)([O-])[O-].[Na+].[Na+]. The van der Waals surface area contributed by atoms with Gasteiger partial charge in [0.25, 0.3) is 6.47 Å². The number of phosphoric acid groups is 1. The summed E-state index contributed by atoms with van der Waals surface area (Å²) in [7, 11) is -5.13. The Balaban J connectivity index is -0.00000578. The van der Waals surface area contributed by atoms with Gasteiger partial charge < -0.3 is 33.7 Å². The molecule has 0 saturated heterocycles. The predicted molar refractivity (Wildman–Crippen MR) is 132 cm³/mol. The van der Waals surface area contributed by atoms with Crippen molar-refractivity contribution >= 4 is 20.3 Å². The Hall–Kier alpha value is 1.01. The van der Waals surface area contributed by atoms with Crippen LogP contribution in [-0.4, -0.2) is 44.8 Å². The Morgan fingerprint density at radius 2 is 1.35 bits per heavy atom. The molecule has 0 bridgehead atoms. The van der Waals surface area contributed by atoms with Gasteiger partial charge in [-0.3, -0.25) is 9.59 Å². The second-order valence-electron chi connectivity index (χ2n) is 9.08. The number of esters is 1. The van der Waals surface area contributed by atoms with Crippen molar-refractivity contribution in [1.82, 2.24) is 5.32 Å². The van der Waals surface area contributed by atoms with Gasteiger partial charge in [-0.05, 0) is 25.8 Å². The minimum Gasteiger partial charge on any atom is -0.790 e. The molecule has 0 unspecified atom stereocenters. The molecule has 0 aliphatic heterocycles. The van der Waals surface area contributed by atoms with Crippen molar-refractivity contribution in [2.24, 2.45) is 0 Å². The van der Waals surface area contributed by atoms with Crippen LogP contribution in [0.1, 0.15) is 116 Å². The second-order valence-corrected chi connectivity index (χ2v) is 10.2. The molecule has 1 atom stereocenters. The minimum absolute atomic E-state index is 0. The molecule has 0 aromatic heterocycles. The zero-order valence-electron chi connectivity index (χ0n) is 23.7. The fourth-order valence-corrected chi connectivity index (χ4v) is 4.11. The van der Waals surface area contributed by atoms with Crippen LogP contribution < -0.4 is 74.2 Å². The van der Waals surface area contributed by atoms with Gasteiger partial charge in [0.05, 0.1) is 21.0 Å². The van der Waals surface area contributed by atoms with E-state index in [-0.39, 0.29) is 72.1 Å². The first-order valence-electron chi connectivity index (χ1n) is 13.5. The summed E-state index contributed by atoms with van der Waals surface area (Å²) in [6.07, 6.45) is 17.2. The van der Waals surface area contributed by atoms with E-state index < -0.39 is 26.5 Å². The standard InChI is InChI=1S/C25H50NO8P.2Na/c1-2-3-4-5-6-7-8-9-10-12-15-18-25(28)34-24(22-33-35(29,30)31)21-26-19-16-13-11-14-17-20-32-23-27;;/h23-24,26H,2-22H2,1H3,(H2,29,30,31);;/q;2*+1/p-2/t24-;;/m0../s1. The first-order valence-corrected chi connectivity index (χ1v) is 15.0. The van der Waals surface area contributed by atoms with Gasteiger partial charge in [-0.1, -0.05) is 90.4 Å². The van der Waals surface area contributed by atoms with Crippen LogP contribution in [0.15, 0.2) is 0 Å². The molecule has 9 nitrogen and oxygen atoms in total. The van der Waals surface area contributed by atoms with Crippen LogP contribution in [0.2, 0.25) is 0 Å². The van der Waals surface area contributed by atoms with Crippen molar-refractivity contribution in [2.75, 3.05) is 26.3 Å². The molecule has 0 aliphatic rings. The number of carbonyl (C=O) groups is 2. The maximum atomic E-state index is 12.2. The molecule has 0 aromatic rings. The van der Waals surface area contributed by atoms with Gasteiger partial charge in [-0.2, -0.15) is 0 Å². The molecule has 0 heterocycles. The summed E-state index contributed by atoms with van der Waals surface area (Å²) >= 11 is 0. The van der Waals surface area contributed by atoms with Crippen LogP contribution in [0.3, 0.4) is 0 Å². The Bertz CT molecular complexity index is 555. The molecule has 0 radical (unpaired) electrons. The zero-order valence-corrected chi connectivity index (χ0v) is 28.6. The summed E-state index contributed by atoms with van der Waals surface area (Å²) in [5.74, 6) is -0.402. The van der Waals surface area contributed by atoms with E-state index in [1.54, 1.807) is 0 Å². The molecule has 208 valence electrons.